The number of halogens is 1. The van der Waals surface area contributed by atoms with Gasteiger partial charge in [0.2, 0.25) is 5.91 Å². The van der Waals surface area contributed by atoms with Crippen molar-refractivity contribution in [1.82, 2.24) is 4.98 Å². The van der Waals surface area contributed by atoms with Crippen molar-refractivity contribution in [3.8, 4) is 22.8 Å². The van der Waals surface area contributed by atoms with E-state index in [0.29, 0.717) is 40.3 Å². The smallest absolute Gasteiger partial charge is 0.224 e. The Morgan fingerprint density at radius 3 is 2.78 bits per heavy atom. The van der Waals surface area contributed by atoms with E-state index in [4.69, 9.17) is 25.5 Å². The summed E-state index contributed by atoms with van der Waals surface area (Å²) < 4.78 is 16.4. The van der Waals surface area contributed by atoms with E-state index in [-0.39, 0.29) is 12.3 Å². The first kappa shape index (κ1) is 18.8. The maximum absolute atomic E-state index is 12.1. The predicted octanol–water partition coefficient (Wildman–Crippen LogP) is 4.58. The Bertz CT molecular complexity index is 939. The van der Waals surface area contributed by atoms with Gasteiger partial charge in [0.15, 0.2) is 11.7 Å². The summed E-state index contributed by atoms with van der Waals surface area (Å²) in [7, 11) is 3.17. The summed E-state index contributed by atoms with van der Waals surface area (Å²) >= 11 is 5.91. The topological polar surface area (TPSA) is 73.6 Å². The largest absolute Gasteiger partial charge is 0.497 e. The molecule has 3 aromatic rings. The number of ether oxygens (including phenoxy) is 2. The van der Waals surface area contributed by atoms with Gasteiger partial charge in [-0.15, -0.1) is 0 Å². The second kappa shape index (κ2) is 8.60. The average Bonchev–Trinajstić information content (AvgIpc) is 3.14. The van der Waals surface area contributed by atoms with Crippen LogP contribution in [0.25, 0.3) is 11.3 Å². The van der Waals surface area contributed by atoms with Gasteiger partial charge in [0.1, 0.15) is 11.5 Å². The number of methoxy groups -OCH3 is 2. The molecule has 1 amide bonds. The number of hydrogen-bond donors (Lipinski definition) is 1. The molecule has 0 aliphatic carbocycles. The van der Waals surface area contributed by atoms with Gasteiger partial charge < -0.3 is 19.2 Å². The number of benzene rings is 2. The molecule has 6 nitrogen and oxygen atoms in total. The average molecular weight is 387 g/mol. The molecule has 0 radical (unpaired) electrons. The van der Waals surface area contributed by atoms with E-state index in [1.165, 1.54) is 0 Å². The fourth-order valence-electron chi connectivity index (χ4n) is 2.56. The highest BCUT2D eigenvalue weighted by molar-refractivity contribution is 6.30. The van der Waals surface area contributed by atoms with Crippen molar-refractivity contribution >= 4 is 23.2 Å². The van der Waals surface area contributed by atoms with Crippen molar-refractivity contribution in [2.24, 2.45) is 0 Å². The Hall–Kier alpha value is -2.99. The molecule has 1 N–H and O–H groups in total. The van der Waals surface area contributed by atoms with E-state index in [2.05, 4.69) is 10.3 Å². The molecule has 3 rings (SSSR count). The first-order chi connectivity index (χ1) is 13.1. The Balaban J connectivity index is 1.63. The maximum Gasteiger partial charge on any atom is 0.224 e. The minimum Gasteiger partial charge on any atom is -0.497 e. The van der Waals surface area contributed by atoms with Crippen LogP contribution in [-0.4, -0.2) is 25.1 Å². The van der Waals surface area contributed by atoms with Crippen LogP contribution < -0.4 is 14.8 Å². The van der Waals surface area contributed by atoms with Crippen LogP contribution in [0.2, 0.25) is 5.02 Å². The Morgan fingerprint density at radius 2 is 2.04 bits per heavy atom. The summed E-state index contributed by atoms with van der Waals surface area (Å²) in [5.41, 5.74) is 1.42. The molecule has 0 aliphatic rings. The van der Waals surface area contributed by atoms with E-state index in [0.717, 1.165) is 5.56 Å². The van der Waals surface area contributed by atoms with E-state index < -0.39 is 0 Å². The van der Waals surface area contributed by atoms with Gasteiger partial charge >= 0.3 is 0 Å². The second-order valence-corrected chi connectivity index (χ2v) is 6.18. The number of hydrogen-bond acceptors (Lipinski definition) is 5. The van der Waals surface area contributed by atoms with Crippen molar-refractivity contribution in [3.05, 3.63) is 59.6 Å². The summed E-state index contributed by atoms with van der Waals surface area (Å²) in [6, 6.07) is 12.4. The van der Waals surface area contributed by atoms with Crippen LogP contribution >= 0.6 is 11.6 Å². The summed E-state index contributed by atoms with van der Waals surface area (Å²) in [4.78, 5) is 16.3. The highest BCUT2D eigenvalue weighted by atomic mass is 35.5. The Morgan fingerprint density at radius 1 is 1.19 bits per heavy atom. The fraction of sp³-hybridized carbons (Fsp3) is 0.200. The first-order valence-corrected chi connectivity index (χ1v) is 8.69. The number of aryl methyl sites for hydroxylation is 1. The molecule has 0 saturated carbocycles. The molecule has 2 aromatic carbocycles. The van der Waals surface area contributed by atoms with Gasteiger partial charge in [-0.25, -0.2) is 4.98 Å². The van der Waals surface area contributed by atoms with Crippen LogP contribution in [0.5, 0.6) is 11.5 Å². The molecular formula is C20H19ClN2O4. The van der Waals surface area contributed by atoms with Gasteiger partial charge in [-0.1, -0.05) is 17.7 Å². The number of nitrogens with zero attached hydrogens (tertiary/aromatic N) is 1. The number of rotatable bonds is 7. The molecule has 0 atom stereocenters. The number of nitrogens with one attached hydrogen (secondary N) is 1. The molecule has 0 spiro atoms. The third-order valence-corrected chi connectivity index (χ3v) is 4.14. The molecule has 140 valence electrons. The van der Waals surface area contributed by atoms with Crippen LogP contribution in [0.1, 0.15) is 12.3 Å². The lowest BCUT2D eigenvalue weighted by Gasteiger charge is -2.08. The van der Waals surface area contributed by atoms with Crippen LogP contribution in [-0.2, 0) is 11.2 Å². The van der Waals surface area contributed by atoms with Crippen LogP contribution in [0.3, 0.4) is 0 Å². The number of carbonyl (C=O) groups is 1. The summed E-state index contributed by atoms with van der Waals surface area (Å²) in [6.07, 6.45) is 2.24. The van der Waals surface area contributed by atoms with Gasteiger partial charge in [-0.05, 0) is 30.3 Å². The fourth-order valence-corrected chi connectivity index (χ4v) is 2.75. The Kier molecular flexibility index (Phi) is 5.98. The van der Waals surface area contributed by atoms with E-state index in [1.807, 2.05) is 12.1 Å². The van der Waals surface area contributed by atoms with Crippen molar-refractivity contribution in [2.75, 3.05) is 19.5 Å². The molecule has 7 heteroatoms. The summed E-state index contributed by atoms with van der Waals surface area (Å²) in [6.45, 7) is 0. The molecule has 27 heavy (non-hydrogen) atoms. The third-order valence-electron chi connectivity index (χ3n) is 3.90. The normalized spacial score (nSPS) is 10.5. The lowest BCUT2D eigenvalue weighted by Crippen LogP contribution is -2.12. The highest BCUT2D eigenvalue weighted by Crippen LogP contribution is 2.33. The van der Waals surface area contributed by atoms with Gasteiger partial charge in [0, 0.05) is 29.6 Å². The second-order valence-electron chi connectivity index (χ2n) is 5.74. The number of carbonyl (C=O) groups excluding carboxylic acids is 1. The van der Waals surface area contributed by atoms with Crippen molar-refractivity contribution in [2.45, 2.75) is 12.8 Å². The zero-order valence-electron chi connectivity index (χ0n) is 15.0. The van der Waals surface area contributed by atoms with E-state index in [1.54, 1.807) is 50.7 Å². The zero-order chi connectivity index (χ0) is 19.2. The van der Waals surface area contributed by atoms with Gasteiger partial charge in [-0.2, -0.15) is 0 Å². The lowest BCUT2D eigenvalue weighted by atomic mass is 10.1. The van der Waals surface area contributed by atoms with Crippen LogP contribution in [0, 0.1) is 0 Å². The van der Waals surface area contributed by atoms with E-state index in [9.17, 15) is 4.79 Å². The Labute approximate surface area is 162 Å². The van der Waals surface area contributed by atoms with Crippen LogP contribution in [0.15, 0.2) is 53.1 Å². The van der Waals surface area contributed by atoms with E-state index >= 15 is 0 Å². The van der Waals surface area contributed by atoms with Crippen LogP contribution in [0.4, 0.5) is 5.69 Å². The molecule has 0 bridgehead atoms. The highest BCUT2D eigenvalue weighted by Gasteiger charge is 2.13. The van der Waals surface area contributed by atoms with Crippen molar-refractivity contribution in [3.63, 3.8) is 0 Å². The molecule has 0 fully saturated rings. The molecule has 0 unspecified atom stereocenters. The summed E-state index contributed by atoms with van der Waals surface area (Å²) in [5.74, 6) is 2.21. The zero-order valence-corrected chi connectivity index (χ0v) is 15.7. The van der Waals surface area contributed by atoms with Crippen molar-refractivity contribution < 1.29 is 18.7 Å². The maximum atomic E-state index is 12.1. The minimum atomic E-state index is -0.140. The number of anilines is 1. The third kappa shape index (κ3) is 4.80. The van der Waals surface area contributed by atoms with Gasteiger partial charge in [0.05, 0.1) is 26.0 Å². The minimum absolute atomic E-state index is 0.140. The molecule has 1 heterocycles. The SMILES string of the molecule is COc1ccc(-c2cnc(CCC(=O)Nc3cccc(Cl)c3)o2)c(OC)c1. The lowest BCUT2D eigenvalue weighted by molar-refractivity contribution is -0.116. The quantitative estimate of drug-likeness (QED) is 0.643. The number of amides is 1. The standard InChI is InChI=1S/C20H19ClN2O4/c1-25-15-6-7-16(17(11-15)26-2)18-12-22-20(27-18)9-8-19(24)23-14-5-3-4-13(21)10-14/h3-7,10-12H,8-9H2,1-2H3,(H,23,24). The van der Waals surface area contributed by atoms with Gasteiger partial charge in [-0.3, -0.25) is 4.79 Å². The molecule has 0 saturated heterocycles. The predicted molar refractivity (Wildman–Crippen MR) is 103 cm³/mol. The summed E-state index contributed by atoms with van der Waals surface area (Å²) in [5, 5.41) is 3.36. The first-order valence-electron chi connectivity index (χ1n) is 8.31. The molecule has 0 aliphatic heterocycles. The molecule has 1 aromatic heterocycles. The number of aromatic nitrogens is 1. The van der Waals surface area contributed by atoms with Crippen molar-refractivity contribution in [1.29, 1.82) is 0 Å². The molecular weight excluding hydrogens is 368 g/mol. The number of oxazole rings is 1. The monoisotopic (exact) mass is 386 g/mol. The van der Waals surface area contributed by atoms with Gasteiger partial charge in [0.25, 0.3) is 0 Å².